The first-order chi connectivity index (χ1) is 11.6. The molecule has 1 amide bonds. The Kier molecular flexibility index (Phi) is 4.51. The molecular formula is C17H17N5O2. The van der Waals surface area contributed by atoms with Crippen LogP contribution < -0.4 is 10.6 Å². The summed E-state index contributed by atoms with van der Waals surface area (Å²) < 4.78 is 4.91. The van der Waals surface area contributed by atoms with Crippen molar-refractivity contribution in [3.8, 4) is 0 Å². The Morgan fingerprint density at radius 3 is 2.75 bits per heavy atom. The molecule has 7 nitrogen and oxygen atoms in total. The Balaban J connectivity index is 1.66. The van der Waals surface area contributed by atoms with Crippen LogP contribution in [-0.4, -0.2) is 21.0 Å². The minimum absolute atomic E-state index is 0.248. The highest BCUT2D eigenvalue weighted by Crippen LogP contribution is 2.11. The third-order valence-electron chi connectivity index (χ3n) is 3.33. The van der Waals surface area contributed by atoms with Crippen LogP contribution in [-0.2, 0) is 6.54 Å². The summed E-state index contributed by atoms with van der Waals surface area (Å²) >= 11 is 0. The SMILES string of the molecule is Cc1cccc(CNc2cc(C(=O)Nc3cc(C)on3)ncn2)c1. The van der Waals surface area contributed by atoms with E-state index in [0.29, 0.717) is 23.9 Å². The van der Waals surface area contributed by atoms with E-state index in [1.54, 1.807) is 19.1 Å². The smallest absolute Gasteiger partial charge is 0.275 e. The number of hydrogen-bond acceptors (Lipinski definition) is 6. The molecule has 0 atom stereocenters. The Morgan fingerprint density at radius 2 is 2.00 bits per heavy atom. The second kappa shape index (κ2) is 6.91. The minimum atomic E-state index is -0.371. The lowest BCUT2D eigenvalue weighted by Gasteiger charge is -2.07. The van der Waals surface area contributed by atoms with Crippen molar-refractivity contribution in [1.29, 1.82) is 0 Å². The Hall–Kier alpha value is -3.22. The first-order valence-corrected chi connectivity index (χ1v) is 7.46. The Morgan fingerprint density at radius 1 is 1.12 bits per heavy atom. The molecule has 24 heavy (non-hydrogen) atoms. The first kappa shape index (κ1) is 15.7. The van der Waals surface area contributed by atoms with Gasteiger partial charge in [-0.2, -0.15) is 0 Å². The van der Waals surface area contributed by atoms with Crippen LogP contribution in [0.3, 0.4) is 0 Å². The van der Waals surface area contributed by atoms with E-state index in [1.165, 1.54) is 11.9 Å². The van der Waals surface area contributed by atoms with Crippen molar-refractivity contribution in [2.45, 2.75) is 20.4 Å². The van der Waals surface area contributed by atoms with Gasteiger partial charge in [0.15, 0.2) is 5.82 Å². The molecule has 2 heterocycles. The van der Waals surface area contributed by atoms with Gasteiger partial charge in [-0.3, -0.25) is 4.79 Å². The molecule has 2 N–H and O–H groups in total. The van der Waals surface area contributed by atoms with Gasteiger partial charge in [-0.05, 0) is 19.4 Å². The molecule has 0 saturated heterocycles. The number of amides is 1. The molecule has 0 aliphatic carbocycles. The zero-order valence-electron chi connectivity index (χ0n) is 13.4. The van der Waals surface area contributed by atoms with Gasteiger partial charge in [0.05, 0.1) is 0 Å². The van der Waals surface area contributed by atoms with Crippen molar-refractivity contribution >= 4 is 17.5 Å². The fourth-order valence-electron chi connectivity index (χ4n) is 2.20. The van der Waals surface area contributed by atoms with Gasteiger partial charge in [0.2, 0.25) is 0 Å². The van der Waals surface area contributed by atoms with Gasteiger partial charge >= 0.3 is 0 Å². The van der Waals surface area contributed by atoms with E-state index in [2.05, 4.69) is 31.8 Å². The number of benzene rings is 1. The molecule has 1 aromatic carbocycles. The van der Waals surface area contributed by atoms with Gasteiger partial charge in [0, 0.05) is 18.7 Å². The topological polar surface area (TPSA) is 92.9 Å². The molecule has 0 spiro atoms. The van der Waals surface area contributed by atoms with Crippen molar-refractivity contribution in [2.75, 3.05) is 10.6 Å². The average molecular weight is 323 g/mol. The van der Waals surface area contributed by atoms with Crippen LogP contribution in [0.15, 0.2) is 47.2 Å². The quantitative estimate of drug-likeness (QED) is 0.750. The van der Waals surface area contributed by atoms with E-state index in [4.69, 9.17) is 4.52 Å². The van der Waals surface area contributed by atoms with Crippen LogP contribution in [0, 0.1) is 13.8 Å². The normalized spacial score (nSPS) is 10.4. The maximum absolute atomic E-state index is 12.2. The third-order valence-corrected chi connectivity index (χ3v) is 3.33. The van der Waals surface area contributed by atoms with Crippen molar-refractivity contribution in [3.05, 3.63) is 65.3 Å². The number of carbonyl (C=O) groups excluding carboxylic acids is 1. The Labute approximate surface area is 139 Å². The highest BCUT2D eigenvalue weighted by Gasteiger charge is 2.11. The minimum Gasteiger partial charge on any atom is -0.366 e. The van der Waals surface area contributed by atoms with Crippen LogP contribution in [0.25, 0.3) is 0 Å². The molecule has 3 aromatic rings. The molecule has 7 heteroatoms. The summed E-state index contributed by atoms with van der Waals surface area (Å²) in [7, 11) is 0. The number of aromatic nitrogens is 3. The average Bonchev–Trinajstić information content (AvgIpc) is 2.98. The molecule has 0 aliphatic heterocycles. The standard InChI is InChI=1S/C17H17N5O2/c1-11-4-3-5-13(6-11)9-18-15-8-14(19-10-20-15)17(23)21-16-7-12(2)24-22-16/h3-8,10H,9H2,1-2H3,(H,18,19,20)(H,21,22,23). The van der Waals surface area contributed by atoms with Crippen molar-refractivity contribution in [2.24, 2.45) is 0 Å². The Bertz CT molecular complexity index is 859. The van der Waals surface area contributed by atoms with Gasteiger partial charge < -0.3 is 15.2 Å². The summed E-state index contributed by atoms with van der Waals surface area (Å²) in [5.41, 5.74) is 2.58. The number of anilines is 2. The predicted molar refractivity (Wildman–Crippen MR) is 89.7 cm³/mol. The summed E-state index contributed by atoms with van der Waals surface area (Å²) in [4.78, 5) is 20.3. The number of rotatable bonds is 5. The highest BCUT2D eigenvalue weighted by molar-refractivity contribution is 6.02. The molecule has 0 fully saturated rings. The van der Waals surface area contributed by atoms with Gasteiger partial charge in [0.25, 0.3) is 5.91 Å². The molecule has 0 saturated carbocycles. The van der Waals surface area contributed by atoms with Crippen LogP contribution in [0.1, 0.15) is 27.4 Å². The lowest BCUT2D eigenvalue weighted by molar-refractivity contribution is 0.102. The van der Waals surface area contributed by atoms with E-state index in [9.17, 15) is 4.79 Å². The molecule has 122 valence electrons. The van der Waals surface area contributed by atoms with E-state index in [1.807, 2.05) is 25.1 Å². The van der Waals surface area contributed by atoms with Crippen LogP contribution in [0.4, 0.5) is 11.6 Å². The predicted octanol–water partition coefficient (Wildman–Crippen LogP) is 2.95. The summed E-state index contributed by atoms with van der Waals surface area (Å²) in [5.74, 6) is 1.18. The lowest BCUT2D eigenvalue weighted by atomic mass is 10.1. The monoisotopic (exact) mass is 323 g/mol. The van der Waals surface area contributed by atoms with Gasteiger partial charge in [-0.1, -0.05) is 35.0 Å². The highest BCUT2D eigenvalue weighted by atomic mass is 16.5. The summed E-state index contributed by atoms with van der Waals surface area (Å²) in [6.07, 6.45) is 1.35. The zero-order chi connectivity index (χ0) is 16.9. The molecule has 0 radical (unpaired) electrons. The maximum atomic E-state index is 12.2. The number of carbonyl (C=O) groups is 1. The van der Waals surface area contributed by atoms with E-state index >= 15 is 0 Å². The number of hydrogen-bond donors (Lipinski definition) is 2. The van der Waals surface area contributed by atoms with Gasteiger partial charge in [-0.25, -0.2) is 9.97 Å². The molecular weight excluding hydrogens is 306 g/mol. The number of nitrogens with zero attached hydrogens (tertiary/aromatic N) is 3. The van der Waals surface area contributed by atoms with Crippen LogP contribution >= 0.6 is 0 Å². The largest absolute Gasteiger partial charge is 0.366 e. The molecule has 3 rings (SSSR count). The van der Waals surface area contributed by atoms with Crippen molar-refractivity contribution in [3.63, 3.8) is 0 Å². The zero-order valence-corrected chi connectivity index (χ0v) is 13.4. The molecule has 0 aliphatic rings. The second-order valence-corrected chi connectivity index (χ2v) is 5.41. The van der Waals surface area contributed by atoms with Crippen LogP contribution in [0.5, 0.6) is 0 Å². The summed E-state index contributed by atoms with van der Waals surface area (Å²) in [5, 5.41) is 9.53. The lowest BCUT2D eigenvalue weighted by Crippen LogP contribution is -2.15. The fraction of sp³-hybridized carbons (Fsp3) is 0.176. The van der Waals surface area contributed by atoms with Crippen molar-refractivity contribution < 1.29 is 9.32 Å². The molecule has 0 unspecified atom stereocenters. The first-order valence-electron chi connectivity index (χ1n) is 7.46. The van der Waals surface area contributed by atoms with Gasteiger partial charge in [0.1, 0.15) is 23.6 Å². The van der Waals surface area contributed by atoms with Crippen molar-refractivity contribution in [1.82, 2.24) is 15.1 Å². The second-order valence-electron chi connectivity index (χ2n) is 5.41. The van der Waals surface area contributed by atoms with Crippen LogP contribution in [0.2, 0.25) is 0 Å². The molecule has 0 bridgehead atoms. The fourth-order valence-corrected chi connectivity index (χ4v) is 2.20. The van der Waals surface area contributed by atoms with E-state index < -0.39 is 0 Å². The number of nitrogens with one attached hydrogen (secondary N) is 2. The maximum Gasteiger partial charge on any atom is 0.275 e. The number of aryl methyl sites for hydroxylation is 2. The van der Waals surface area contributed by atoms with Gasteiger partial charge in [-0.15, -0.1) is 0 Å². The van der Waals surface area contributed by atoms with E-state index in [0.717, 1.165) is 5.56 Å². The summed E-state index contributed by atoms with van der Waals surface area (Å²) in [6, 6.07) is 11.4. The third kappa shape index (κ3) is 3.95. The molecule has 2 aromatic heterocycles. The summed E-state index contributed by atoms with van der Waals surface area (Å²) in [6.45, 7) is 4.41. The van der Waals surface area contributed by atoms with E-state index in [-0.39, 0.29) is 11.6 Å².